The fraction of sp³-hybridized carbons (Fsp3) is 0.263. The van der Waals surface area contributed by atoms with Crippen LogP contribution in [0.15, 0.2) is 48.5 Å². The van der Waals surface area contributed by atoms with Crippen LogP contribution in [0.3, 0.4) is 0 Å². The number of thiophene rings is 1. The van der Waals surface area contributed by atoms with Crippen LogP contribution in [0.4, 0.5) is 0 Å². The van der Waals surface area contributed by atoms with E-state index in [1.54, 1.807) is 9.58 Å². The molecule has 1 aliphatic rings. The average molecular weight is 372 g/mol. The number of carbonyl (C=O) groups is 1. The predicted octanol–water partition coefficient (Wildman–Crippen LogP) is 4.74. The predicted molar refractivity (Wildman–Crippen MR) is 101 cm³/mol. The summed E-state index contributed by atoms with van der Waals surface area (Å²) in [5, 5.41) is 4.71. The van der Waals surface area contributed by atoms with Crippen LogP contribution in [0, 0.1) is 0 Å². The highest BCUT2D eigenvalue weighted by molar-refractivity contribution is 7.16. The van der Waals surface area contributed by atoms with Crippen LogP contribution in [0.5, 0.6) is 0 Å². The summed E-state index contributed by atoms with van der Waals surface area (Å²) < 4.78 is 2.51. The smallest absolute Gasteiger partial charge is 0.272 e. The molecule has 6 heteroatoms. The van der Waals surface area contributed by atoms with Crippen molar-refractivity contribution in [2.75, 3.05) is 7.05 Å². The van der Waals surface area contributed by atoms with Gasteiger partial charge in [-0.05, 0) is 43.2 Å². The van der Waals surface area contributed by atoms with E-state index in [9.17, 15) is 4.79 Å². The minimum Gasteiger partial charge on any atom is -0.335 e. The van der Waals surface area contributed by atoms with Crippen molar-refractivity contribution in [3.63, 3.8) is 0 Å². The summed E-state index contributed by atoms with van der Waals surface area (Å²) in [4.78, 5) is 15.8. The van der Waals surface area contributed by atoms with Gasteiger partial charge in [0.1, 0.15) is 5.69 Å². The molecule has 2 heterocycles. The number of hydrogen-bond donors (Lipinski definition) is 0. The summed E-state index contributed by atoms with van der Waals surface area (Å²) in [5.74, 6) is 0.464. The summed E-state index contributed by atoms with van der Waals surface area (Å²) in [6.45, 7) is 0.537. The van der Waals surface area contributed by atoms with Crippen LogP contribution in [0.1, 0.15) is 39.8 Å². The van der Waals surface area contributed by atoms with E-state index in [0.717, 1.165) is 33.4 Å². The van der Waals surface area contributed by atoms with Crippen LogP contribution >= 0.6 is 22.9 Å². The summed E-state index contributed by atoms with van der Waals surface area (Å²) in [5.41, 5.74) is 2.53. The topological polar surface area (TPSA) is 38.1 Å². The Labute approximate surface area is 155 Å². The van der Waals surface area contributed by atoms with Gasteiger partial charge in [0.15, 0.2) is 0 Å². The number of carbonyl (C=O) groups excluding carboxylic acids is 1. The van der Waals surface area contributed by atoms with E-state index in [1.165, 1.54) is 11.3 Å². The number of aromatic nitrogens is 2. The Morgan fingerprint density at radius 2 is 2.04 bits per heavy atom. The number of hydrogen-bond acceptors (Lipinski definition) is 3. The van der Waals surface area contributed by atoms with Gasteiger partial charge in [0.2, 0.25) is 0 Å². The van der Waals surface area contributed by atoms with Gasteiger partial charge < -0.3 is 4.90 Å². The average Bonchev–Trinajstić information content (AvgIpc) is 3.25. The second-order valence-corrected chi connectivity index (χ2v) is 8.14. The van der Waals surface area contributed by atoms with Gasteiger partial charge in [-0.1, -0.05) is 29.8 Å². The highest BCUT2D eigenvalue weighted by Crippen LogP contribution is 2.40. The minimum absolute atomic E-state index is 0.0345. The first-order valence-electron chi connectivity index (χ1n) is 8.27. The molecule has 1 aromatic carbocycles. The van der Waals surface area contributed by atoms with Crippen molar-refractivity contribution >= 4 is 28.8 Å². The number of halogens is 1. The lowest BCUT2D eigenvalue weighted by molar-refractivity contribution is 0.0777. The lowest BCUT2D eigenvalue weighted by Crippen LogP contribution is -2.28. The molecule has 4 rings (SSSR count). The molecule has 0 aliphatic heterocycles. The maximum absolute atomic E-state index is 13.0. The van der Waals surface area contributed by atoms with Gasteiger partial charge in [-0.25, -0.2) is 4.68 Å². The fourth-order valence-corrected chi connectivity index (χ4v) is 3.98. The van der Waals surface area contributed by atoms with Crippen LogP contribution in [-0.4, -0.2) is 27.6 Å². The summed E-state index contributed by atoms with van der Waals surface area (Å²) >= 11 is 7.49. The standard InChI is InChI=1S/C19H18ClN3OS/c1-22(12-15-9-10-18(20)25-15)19(24)17-11-16(13-7-8-13)21-23(17)14-5-3-2-4-6-14/h2-6,9-11,13H,7-8,12H2,1H3. The maximum atomic E-state index is 13.0. The van der Waals surface area contributed by atoms with Crippen molar-refractivity contribution in [2.45, 2.75) is 25.3 Å². The van der Waals surface area contributed by atoms with Crippen molar-refractivity contribution in [3.05, 3.63) is 69.1 Å². The Kier molecular flexibility index (Phi) is 4.36. The van der Waals surface area contributed by atoms with Crippen LogP contribution in [-0.2, 0) is 6.54 Å². The molecule has 0 spiro atoms. The highest BCUT2D eigenvalue weighted by Gasteiger charge is 2.29. The fourth-order valence-electron chi connectivity index (χ4n) is 2.83. The highest BCUT2D eigenvalue weighted by atomic mass is 35.5. The molecule has 0 N–H and O–H groups in total. The second kappa shape index (κ2) is 6.65. The third-order valence-electron chi connectivity index (χ3n) is 4.31. The first-order valence-corrected chi connectivity index (χ1v) is 9.46. The number of rotatable bonds is 5. The molecule has 128 valence electrons. The maximum Gasteiger partial charge on any atom is 0.272 e. The molecular weight excluding hydrogens is 354 g/mol. The first kappa shape index (κ1) is 16.4. The van der Waals surface area contributed by atoms with E-state index in [1.807, 2.05) is 55.6 Å². The largest absolute Gasteiger partial charge is 0.335 e. The van der Waals surface area contributed by atoms with Crippen LogP contribution in [0.2, 0.25) is 4.34 Å². The van der Waals surface area contributed by atoms with Crippen molar-refractivity contribution in [1.29, 1.82) is 0 Å². The Hall–Kier alpha value is -2.11. The molecular formula is C19H18ClN3OS. The van der Waals surface area contributed by atoms with Crippen molar-refractivity contribution < 1.29 is 4.79 Å². The Morgan fingerprint density at radius 1 is 1.28 bits per heavy atom. The zero-order valence-corrected chi connectivity index (χ0v) is 15.4. The Bertz CT molecular complexity index is 899. The SMILES string of the molecule is CN(Cc1ccc(Cl)s1)C(=O)c1cc(C2CC2)nn1-c1ccccc1. The number of para-hydroxylation sites is 1. The second-order valence-electron chi connectivity index (χ2n) is 6.34. The van der Waals surface area contributed by atoms with E-state index in [4.69, 9.17) is 16.7 Å². The molecule has 2 aromatic heterocycles. The molecule has 0 bridgehead atoms. The molecule has 1 aliphatic carbocycles. The van der Waals surface area contributed by atoms with Gasteiger partial charge in [-0.3, -0.25) is 4.79 Å². The van der Waals surface area contributed by atoms with Gasteiger partial charge in [-0.15, -0.1) is 11.3 Å². The summed E-state index contributed by atoms with van der Waals surface area (Å²) in [7, 11) is 1.81. The number of benzene rings is 1. The van der Waals surface area contributed by atoms with E-state index >= 15 is 0 Å². The van der Waals surface area contributed by atoms with Gasteiger partial charge >= 0.3 is 0 Å². The van der Waals surface area contributed by atoms with Crippen LogP contribution < -0.4 is 0 Å². The van der Waals surface area contributed by atoms with E-state index in [0.29, 0.717) is 18.2 Å². The summed E-state index contributed by atoms with van der Waals surface area (Å²) in [6, 6.07) is 15.6. The van der Waals surface area contributed by atoms with Gasteiger partial charge in [0.05, 0.1) is 22.3 Å². The monoisotopic (exact) mass is 371 g/mol. The lowest BCUT2D eigenvalue weighted by Gasteiger charge is -2.17. The van der Waals surface area contributed by atoms with Gasteiger partial charge in [0.25, 0.3) is 5.91 Å². The van der Waals surface area contributed by atoms with Crippen molar-refractivity contribution in [1.82, 2.24) is 14.7 Å². The van der Waals surface area contributed by atoms with E-state index in [2.05, 4.69) is 0 Å². The number of amides is 1. The molecule has 1 fully saturated rings. The third kappa shape index (κ3) is 3.48. The van der Waals surface area contributed by atoms with Crippen molar-refractivity contribution in [3.8, 4) is 5.69 Å². The Balaban J connectivity index is 1.64. The normalized spacial score (nSPS) is 13.8. The lowest BCUT2D eigenvalue weighted by atomic mass is 10.2. The zero-order chi connectivity index (χ0) is 17.4. The first-order chi connectivity index (χ1) is 12.1. The molecule has 1 amide bonds. The molecule has 0 radical (unpaired) electrons. The molecule has 1 saturated carbocycles. The molecule has 0 saturated heterocycles. The third-order valence-corrected chi connectivity index (χ3v) is 5.53. The molecule has 25 heavy (non-hydrogen) atoms. The number of nitrogens with zero attached hydrogens (tertiary/aromatic N) is 3. The van der Waals surface area contributed by atoms with Crippen molar-refractivity contribution in [2.24, 2.45) is 0 Å². The molecule has 4 nitrogen and oxygen atoms in total. The minimum atomic E-state index is -0.0345. The van der Waals surface area contributed by atoms with Gasteiger partial charge in [0, 0.05) is 17.8 Å². The molecule has 3 aromatic rings. The molecule has 0 unspecified atom stereocenters. The van der Waals surface area contributed by atoms with E-state index < -0.39 is 0 Å². The zero-order valence-electron chi connectivity index (χ0n) is 13.9. The Morgan fingerprint density at radius 3 is 2.68 bits per heavy atom. The summed E-state index contributed by atoms with van der Waals surface area (Å²) in [6.07, 6.45) is 2.31. The van der Waals surface area contributed by atoms with E-state index in [-0.39, 0.29) is 5.91 Å². The quantitative estimate of drug-likeness (QED) is 0.649. The molecule has 0 atom stereocenters. The van der Waals surface area contributed by atoms with Crippen LogP contribution in [0.25, 0.3) is 5.69 Å². The van der Waals surface area contributed by atoms with Gasteiger partial charge in [-0.2, -0.15) is 5.10 Å².